The standard InChI is InChI=1S/C16H17FN2O2/c17-13-4-2-12(3-5-13)16(7-1-8-16)15-18-14(19-21-15)11-6-9-20-10-11/h2-5,11H,1,6-10H2/t11-/m0/s1. The molecule has 1 saturated carbocycles. The van der Waals surface area contributed by atoms with E-state index in [0.29, 0.717) is 12.5 Å². The van der Waals surface area contributed by atoms with Gasteiger partial charge in [0.2, 0.25) is 5.89 Å². The van der Waals surface area contributed by atoms with Crippen molar-refractivity contribution in [2.75, 3.05) is 13.2 Å². The zero-order valence-electron chi connectivity index (χ0n) is 11.7. The lowest BCUT2D eigenvalue weighted by molar-refractivity contribution is 0.192. The lowest BCUT2D eigenvalue weighted by Crippen LogP contribution is -2.35. The number of rotatable bonds is 3. The van der Waals surface area contributed by atoms with Crippen molar-refractivity contribution >= 4 is 0 Å². The normalized spacial score (nSPS) is 24.0. The third-order valence-electron chi connectivity index (χ3n) is 4.75. The van der Waals surface area contributed by atoms with Crippen molar-refractivity contribution in [3.8, 4) is 0 Å². The highest BCUT2D eigenvalue weighted by Crippen LogP contribution is 2.48. The van der Waals surface area contributed by atoms with E-state index < -0.39 is 0 Å². The van der Waals surface area contributed by atoms with Gasteiger partial charge in [-0.2, -0.15) is 4.98 Å². The summed E-state index contributed by atoms with van der Waals surface area (Å²) < 4.78 is 24.1. The molecule has 1 aliphatic carbocycles. The highest BCUT2D eigenvalue weighted by Gasteiger charge is 2.45. The molecule has 1 aromatic carbocycles. The van der Waals surface area contributed by atoms with Gasteiger partial charge in [0.15, 0.2) is 5.82 Å². The van der Waals surface area contributed by atoms with E-state index >= 15 is 0 Å². The van der Waals surface area contributed by atoms with Gasteiger partial charge < -0.3 is 9.26 Å². The number of nitrogens with zero attached hydrogens (tertiary/aromatic N) is 2. The zero-order chi connectivity index (χ0) is 14.3. The molecule has 21 heavy (non-hydrogen) atoms. The molecule has 5 heteroatoms. The summed E-state index contributed by atoms with van der Waals surface area (Å²) >= 11 is 0. The molecular formula is C16H17FN2O2. The van der Waals surface area contributed by atoms with Gasteiger partial charge in [-0.3, -0.25) is 0 Å². The average Bonchev–Trinajstić information content (AvgIpc) is 3.10. The molecule has 4 nitrogen and oxygen atoms in total. The van der Waals surface area contributed by atoms with Crippen molar-refractivity contribution in [1.82, 2.24) is 10.1 Å². The second kappa shape index (κ2) is 4.91. The van der Waals surface area contributed by atoms with Gasteiger partial charge in [-0.05, 0) is 37.0 Å². The van der Waals surface area contributed by atoms with Crippen molar-refractivity contribution in [3.05, 3.63) is 47.4 Å². The fourth-order valence-corrected chi connectivity index (χ4v) is 3.26. The minimum Gasteiger partial charge on any atom is -0.381 e. The van der Waals surface area contributed by atoms with Crippen LogP contribution in [0.3, 0.4) is 0 Å². The van der Waals surface area contributed by atoms with Gasteiger partial charge in [-0.1, -0.05) is 23.7 Å². The zero-order valence-corrected chi connectivity index (χ0v) is 11.7. The molecular weight excluding hydrogens is 271 g/mol. The van der Waals surface area contributed by atoms with Gasteiger partial charge in [-0.15, -0.1) is 0 Å². The van der Waals surface area contributed by atoms with Gasteiger partial charge in [-0.25, -0.2) is 4.39 Å². The molecule has 2 aromatic rings. The number of benzene rings is 1. The molecule has 110 valence electrons. The number of halogens is 1. The maximum Gasteiger partial charge on any atom is 0.237 e. The van der Waals surface area contributed by atoms with Crippen LogP contribution in [0.5, 0.6) is 0 Å². The predicted octanol–water partition coefficient (Wildman–Crippen LogP) is 3.18. The molecule has 1 atom stereocenters. The Bertz CT molecular complexity index is 628. The van der Waals surface area contributed by atoms with Crippen LogP contribution >= 0.6 is 0 Å². The first kappa shape index (κ1) is 13.0. The van der Waals surface area contributed by atoms with Crippen molar-refractivity contribution < 1.29 is 13.7 Å². The highest BCUT2D eigenvalue weighted by atomic mass is 19.1. The first-order valence-electron chi connectivity index (χ1n) is 7.46. The van der Waals surface area contributed by atoms with E-state index in [9.17, 15) is 4.39 Å². The quantitative estimate of drug-likeness (QED) is 0.870. The third-order valence-corrected chi connectivity index (χ3v) is 4.75. The summed E-state index contributed by atoms with van der Waals surface area (Å²) in [6.07, 6.45) is 4.02. The van der Waals surface area contributed by atoms with E-state index in [1.54, 1.807) is 0 Å². The maximum atomic E-state index is 13.1. The molecule has 1 saturated heterocycles. The van der Waals surface area contributed by atoms with Crippen molar-refractivity contribution in [2.45, 2.75) is 37.0 Å². The fraction of sp³-hybridized carbons (Fsp3) is 0.500. The second-order valence-electron chi connectivity index (χ2n) is 5.96. The van der Waals surface area contributed by atoms with E-state index in [2.05, 4.69) is 10.1 Å². The van der Waals surface area contributed by atoms with Crippen molar-refractivity contribution in [2.24, 2.45) is 0 Å². The Hall–Kier alpha value is -1.75. The van der Waals surface area contributed by atoms with Crippen LogP contribution in [0.25, 0.3) is 0 Å². The number of ether oxygens (including phenoxy) is 1. The summed E-state index contributed by atoms with van der Waals surface area (Å²) in [5.41, 5.74) is 0.839. The summed E-state index contributed by atoms with van der Waals surface area (Å²) in [7, 11) is 0. The van der Waals surface area contributed by atoms with Crippen LogP contribution in [-0.2, 0) is 10.2 Å². The predicted molar refractivity (Wildman–Crippen MR) is 73.5 cm³/mol. The largest absolute Gasteiger partial charge is 0.381 e. The minimum atomic E-state index is -0.224. The first-order chi connectivity index (χ1) is 10.3. The molecule has 0 unspecified atom stereocenters. The fourth-order valence-electron chi connectivity index (χ4n) is 3.26. The molecule has 0 spiro atoms. The topological polar surface area (TPSA) is 48.2 Å². The Morgan fingerprint density at radius 2 is 2.00 bits per heavy atom. The van der Waals surface area contributed by atoms with Crippen LogP contribution in [-0.4, -0.2) is 23.4 Å². The number of hydrogen-bond donors (Lipinski definition) is 0. The molecule has 1 aromatic heterocycles. The van der Waals surface area contributed by atoms with Gasteiger partial charge in [0.1, 0.15) is 5.82 Å². The molecule has 0 radical (unpaired) electrons. The van der Waals surface area contributed by atoms with E-state index in [0.717, 1.165) is 43.7 Å². The Labute approximate surface area is 122 Å². The van der Waals surface area contributed by atoms with Gasteiger partial charge in [0.25, 0.3) is 0 Å². The third kappa shape index (κ3) is 2.07. The molecule has 2 fully saturated rings. The van der Waals surface area contributed by atoms with Crippen molar-refractivity contribution in [3.63, 3.8) is 0 Å². The lowest BCUT2D eigenvalue weighted by Gasteiger charge is -2.38. The Balaban J connectivity index is 1.67. The molecule has 2 aliphatic rings. The Kier molecular flexibility index (Phi) is 3.03. The maximum absolute atomic E-state index is 13.1. The first-order valence-corrected chi connectivity index (χ1v) is 7.46. The highest BCUT2D eigenvalue weighted by molar-refractivity contribution is 5.35. The lowest BCUT2D eigenvalue weighted by atomic mass is 9.64. The Morgan fingerprint density at radius 3 is 2.62 bits per heavy atom. The molecule has 0 N–H and O–H groups in total. The summed E-state index contributed by atoms with van der Waals surface area (Å²) in [5.74, 6) is 1.44. The monoisotopic (exact) mass is 288 g/mol. The van der Waals surface area contributed by atoms with E-state index in [1.807, 2.05) is 12.1 Å². The smallest absolute Gasteiger partial charge is 0.237 e. The molecule has 2 heterocycles. The van der Waals surface area contributed by atoms with Crippen LogP contribution in [0.2, 0.25) is 0 Å². The van der Waals surface area contributed by atoms with Crippen LogP contribution in [0.15, 0.2) is 28.8 Å². The second-order valence-corrected chi connectivity index (χ2v) is 5.96. The molecule has 1 aliphatic heterocycles. The van der Waals surface area contributed by atoms with Crippen LogP contribution in [0.4, 0.5) is 4.39 Å². The molecule has 0 bridgehead atoms. The van der Waals surface area contributed by atoms with Crippen LogP contribution in [0.1, 0.15) is 48.9 Å². The van der Waals surface area contributed by atoms with Crippen LogP contribution in [0, 0.1) is 5.82 Å². The summed E-state index contributed by atoms with van der Waals surface area (Å²) in [6.45, 7) is 1.43. The van der Waals surface area contributed by atoms with E-state index in [4.69, 9.17) is 9.26 Å². The SMILES string of the molecule is Fc1ccc(C2(c3nc([C@H]4CCOC4)no3)CCC2)cc1. The summed E-state index contributed by atoms with van der Waals surface area (Å²) in [5, 5.41) is 4.15. The average molecular weight is 288 g/mol. The molecule has 0 amide bonds. The number of aromatic nitrogens is 2. The van der Waals surface area contributed by atoms with E-state index in [1.165, 1.54) is 12.1 Å². The van der Waals surface area contributed by atoms with Crippen molar-refractivity contribution in [1.29, 1.82) is 0 Å². The van der Waals surface area contributed by atoms with Crippen LogP contribution < -0.4 is 0 Å². The van der Waals surface area contributed by atoms with Gasteiger partial charge >= 0.3 is 0 Å². The Morgan fingerprint density at radius 1 is 1.19 bits per heavy atom. The van der Waals surface area contributed by atoms with E-state index in [-0.39, 0.29) is 17.2 Å². The minimum absolute atomic E-state index is 0.220. The number of hydrogen-bond acceptors (Lipinski definition) is 4. The van der Waals surface area contributed by atoms with Gasteiger partial charge in [0, 0.05) is 12.5 Å². The van der Waals surface area contributed by atoms with Gasteiger partial charge in [0.05, 0.1) is 12.0 Å². The summed E-state index contributed by atoms with van der Waals surface area (Å²) in [4.78, 5) is 4.63. The molecule has 4 rings (SSSR count). The summed E-state index contributed by atoms with van der Waals surface area (Å²) in [6, 6.07) is 6.66.